The Kier molecular flexibility index (Phi) is 5.11. The van der Waals surface area contributed by atoms with Crippen molar-refractivity contribution in [3.05, 3.63) is 100 Å². The van der Waals surface area contributed by atoms with Gasteiger partial charge in [0.2, 0.25) is 0 Å². The van der Waals surface area contributed by atoms with Gasteiger partial charge in [-0.15, -0.1) is 0 Å². The SMILES string of the molecule is Cc1ccc(/C(O)=C2/C(=O)C(=O)N(c3ccccc3C)C2c2cccc(O)c2)cc1C. The molecule has 0 spiro atoms. The predicted molar refractivity (Wildman–Crippen MR) is 120 cm³/mol. The van der Waals surface area contributed by atoms with E-state index in [1.807, 2.05) is 39.0 Å². The lowest BCUT2D eigenvalue weighted by atomic mass is 9.94. The van der Waals surface area contributed by atoms with Crippen LogP contribution >= 0.6 is 0 Å². The number of hydrogen-bond donors (Lipinski definition) is 2. The third kappa shape index (κ3) is 3.48. The number of phenols is 1. The van der Waals surface area contributed by atoms with Crippen LogP contribution in [-0.4, -0.2) is 21.9 Å². The summed E-state index contributed by atoms with van der Waals surface area (Å²) in [6.45, 7) is 5.74. The molecule has 0 saturated carbocycles. The molecule has 5 heteroatoms. The Bertz CT molecular complexity index is 1240. The summed E-state index contributed by atoms with van der Waals surface area (Å²) in [5.74, 6) is -1.69. The van der Waals surface area contributed by atoms with E-state index in [1.165, 1.54) is 17.0 Å². The number of amides is 1. The number of Topliss-reactive ketones (excluding diaryl/α,β-unsaturated/α-hetero) is 1. The molecule has 1 unspecified atom stereocenters. The Hall–Kier alpha value is -3.86. The maximum atomic E-state index is 13.2. The van der Waals surface area contributed by atoms with Crippen molar-refractivity contribution in [2.24, 2.45) is 0 Å². The van der Waals surface area contributed by atoms with Crippen molar-refractivity contribution in [3.8, 4) is 5.75 Å². The first-order chi connectivity index (χ1) is 14.8. The van der Waals surface area contributed by atoms with E-state index in [-0.39, 0.29) is 17.1 Å². The lowest BCUT2D eigenvalue weighted by Crippen LogP contribution is -2.30. The molecule has 0 aromatic heterocycles. The molecule has 1 atom stereocenters. The molecule has 3 aromatic carbocycles. The zero-order valence-corrected chi connectivity index (χ0v) is 17.6. The molecular weight excluding hydrogens is 390 g/mol. The number of nitrogens with zero attached hydrogens (tertiary/aromatic N) is 1. The second-order valence-corrected chi connectivity index (χ2v) is 7.85. The largest absolute Gasteiger partial charge is 0.508 e. The van der Waals surface area contributed by atoms with Crippen LogP contribution in [-0.2, 0) is 9.59 Å². The number of para-hydroxylation sites is 1. The monoisotopic (exact) mass is 413 g/mol. The van der Waals surface area contributed by atoms with Crippen molar-refractivity contribution in [1.82, 2.24) is 0 Å². The summed E-state index contributed by atoms with van der Waals surface area (Å²) in [6, 6.07) is 18.2. The first-order valence-electron chi connectivity index (χ1n) is 10.0. The molecular formula is C26H23NO4. The fraction of sp³-hybridized carbons (Fsp3) is 0.154. The molecule has 0 radical (unpaired) electrons. The summed E-state index contributed by atoms with van der Waals surface area (Å²) in [4.78, 5) is 27.7. The smallest absolute Gasteiger partial charge is 0.300 e. The minimum atomic E-state index is -0.866. The van der Waals surface area contributed by atoms with E-state index in [0.717, 1.165) is 16.7 Å². The number of ketones is 1. The van der Waals surface area contributed by atoms with Gasteiger partial charge in [0.05, 0.1) is 11.6 Å². The van der Waals surface area contributed by atoms with Crippen molar-refractivity contribution < 1.29 is 19.8 Å². The van der Waals surface area contributed by atoms with Crippen LogP contribution in [0, 0.1) is 20.8 Å². The Morgan fingerprint density at radius 3 is 2.26 bits per heavy atom. The van der Waals surface area contributed by atoms with Crippen LogP contribution in [0.4, 0.5) is 5.69 Å². The van der Waals surface area contributed by atoms with Gasteiger partial charge in [0, 0.05) is 11.3 Å². The van der Waals surface area contributed by atoms with Crippen LogP contribution < -0.4 is 4.90 Å². The number of phenolic OH excluding ortho intramolecular Hbond substituents is 1. The van der Waals surface area contributed by atoms with E-state index in [1.54, 1.807) is 36.4 Å². The topological polar surface area (TPSA) is 77.8 Å². The van der Waals surface area contributed by atoms with Gasteiger partial charge in [-0.1, -0.05) is 42.5 Å². The Labute approximate surface area is 180 Å². The first kappa shape index (κ1) is 20.4. The molecule has 156 valence electrons. The van der Waals surface area contributed by atoms with Gasteiger partial charge in [0.1, 0.15) is 11.5 Å². The normalized spacial score (nSPS) is 17.9. The molecule has 2 N–H and O–H groups in total. The van der Waals surface area contributed by atoms with E-state index in [4.69, 9.17) is 0 Å². The van der Waals surface area contributed by atoms with Crippen LogP contribution in [0.5, 0.6) is 5.75 Å². The van der Waals surface area contributed by atoms with Crippen LogP contribution in [0.2, 0.25) is 0 Å². The van der Waals surface area contributed by atoms with Gasteiger partial charge in [-0.3, -0.25) is 14.5 Å². The highest BCUT2D eigenvalue weighted by atomic mass is 16.3. The fourth-order valence-corrected chi connectivity index (χ4v) is 3.97. The summed E-state index contributed by atoms with van der Waals surface area (Å²) >= 11 is 0. The number of carbonyl (C=O) groups is 2. The molecule has 5 nitrogen and oxygen atoms in total. The maximum Gasteiger partial charge on any atom is 0.300 e. The van der Waals surface area contributed by atoms with Gasteiger partial charge in [-0.2, -0.15) is 0 Å². The zero-order valence-electron chi connectivity index (χ0n) is 17.6. The van der Waals surface area contributed by atoms with Gasteiger partial charge in [-0.25, -0.2) is 0 Å². The average Bonchev–Trinajstić information content (AvgIpc) is 3.01. The maximum absolute atomic E-state index is 13.2. The Morgan fingerprint density at radius 1 is 0.839 bits per heavy atom. The van der Waals surface area contributed by atoms with Crippen LogP contribution in [0.1, 0.15) is 33.9 Å². The number of aryl methyl sites for hydroxylation is 3. The molecule has 1 aliphatic heterocycles. The quantitative estimate of drug-likeness (QED) is 0.362. The molecule has 0 bridgehead atoms. The zero-order chi connectivity index (χ0) is 22.3. The minimum Gasteiger partial charge on any atom is -0.508 e. The van der Waals surface area contributed by atoms with Crippen LogP contribution in [0.3, 0.4) is 0 Å². The molecule has 3 aromatic rings. The summed E-state index contributed by atoms with van der Waals surface area (Å²) in [5.41, 5.74) is 4.43. The summed E-state index contributed by atoms with van der Waals surface area (Å²) in [7, 11) is 0. The second-order valence-electron chi connectivity index (χ2n) is 7.85. The minimum absolute atomic E-state index is 0.00195. The van der Waals surface area contributed by atoms with Crippen molar-refractivity contribution >= 4 is 23.1 Å². The van der Waals surface area contributed by atoms with Gasteiger partial charge >= 0.3 is 0 Å². The van der Waals surface area contributed by atoms with Gasteiger partial charge in [0.25, 0.3) is 11.7 Å². The van der Waals surface area contributed by atoms with Crippen LogP contribution in [0.25, 0.3) is 5.76 Å². The number of aliphatic hydroxyl groups is 1. The third-order valence-corrected chi connectivity index (χ3v) is 5.79. The highest BCUT2D eigenvalue weighted by molar-refractivity contribution is 6.51. The van der Waals surface area contributed by atoms with E-state index < -0.39 is 17.7 Å². The van der Waals surface area contributed by atoms with E-state index in [0.29, 0.717) is 16.8 Å². The average molecular weight is 413 g/mol. The number of hydrogen-bond acceptors (Lipinski definition) is 4. The standard InChI is InChI=1S/C26H23NO4/c1-15-11-12-19(13-17(15)3)24(29)22-23(18-8-6-9-20(28)14-18)27(26(31)25(22)30)21-10-5-4-7-16(21)2/h4-14,23,28-29H,1-3H3/b24-22-. The number of carbonyl (C=O) groups excluding carboxylic acids is 2. The molecule has 1 heterocycles. The first-order valence-corrected chi connectivity index (χ1v) is 10.0. The van der Waals surface area contributed by atoms with Crippen molar-refractivity contribution in [1.29, 1.82) is 0 Å². The van der Waals surface area contributed by atoms with Gasteiger partial charge in [0.15, 0.2) is 0 Å². The molecule has 4 rings (SSSR count). The Balaban J connectivity index is 1.99. The lowest BCUT2D eigenvalue weighted by Gasteiger charge is -2.26. The van der Waals surface area contributed by atoms with Gasteiger partial charge < -0.3 is 10.2 Å². The van der Waals surface area contributed by atoms with Crippen molar-refractivity contribution in [2.45, 2.75) is 26.8 Å². The molecule has 31 heavy (non-hydrogen) atoms. The highest BCUT2D eigenvalue weighted by Crippen LogP contribution is 2.43. The number of anilines is 1. The molecule has 1 amide bonds. The lowest BCUT2D eigenvalue weighted by molar-refractivity contribution is -0.132. The van der Waals surface area contributed by atoms with Crippen LogP contribution in [0.15, 0.2) is 72.3 Å². The highest BCUT2D eigenvalue weighted by Gasteiger charge is 2.47. The molecule has 0 aliphatic carbocycles. The van der Waals surface area contributed by atoms with E-state index >= 15 is 0 Å². The Morgan fingerprint density at radius 2 is 1.58 bits per heavy atom. The molecule has 1 fully saturated rings. The van der Waals surface area contributed by atoms with Gasteiger partial charge in [-0.05, 0) is 67.3 Å². The number of rotatable bonds is 3. The van der Waals surface area contributed by atoms with Crippen molar-refractivity contribution in [3.63, 3.8) is 0 Å². The number of aliphatic hydroxyl groups excluding tert-OH is 1. The number of aromatic hydroxyl groups is 1. The summed E-state index contributed by atoms with van der Waals surface area (Å²) < 4.78 is 0. The predicted octanol–water partition coefficient (Wildman–Crippen LogP) is 4.94. The summed E-state index contributed by atoms with van der Waals surface area (Å²) in [5, 5.41) is 21.2. The van der Waals surface area contributed by atoms with E-state index in [2.05, 4.69) is 0 Å². The van der Waals surface area contributed by atoms with E-state index in [9.17, 15) is 19.8 Å². The second kappa shape index (κ2) is 7.76. The summed E-state index contributed by atoms with van der Waals surface area (Å²) in [6.07, 6.45) is 0. The molecule has 1 aliphatic rings. The third-order valence-electron chi connectivity index (χ3n) is 5.79. The fourth-order valence-electron chi connectivity index (χ4n) is 3.97. The number of benzene rings is 3. The van der Waals surface area contributed by atoms with Crippen molar-refractivity contribution in [2.75, 3.05) is 4.90 Å². The molecule has 1 saturated heterocycles.